The first kappa shape index (κ1) is 8.05. The molecule has 2 nitrogen and oxygen atoms in total. The molecule has 1 rings (SSSR count). The van der Waals surface area contributed by atoms with Crippen molar-refractivity contribution in [3.05, 3.63) is 0 Å². The molecule has 0 aromatic heterocycles. The van der Waals surface area contributed by atoms with Crippen molar-refractivity contribution in [2.45, 2.75) is 37.9 Å². The van der Waals surface area contributed by atoms with Crippen molar-refractivity contribution in [1.29, 1.82) is 0 Å². The van der Waals surface area contributed by atoms with Crippen LogP contribution in [-0.4, -0.2) is 13.7 Å². The van der Waals surface area contributed by atoms with E-state index >= 15 is 0 Å². The van der Waals surface area contributed by atoms with E-state index in [9.17, 15) is 8.42 Å². The lowest BCUT2D eigenvalue weighted by molar-refractivity contribution is 0.386. The zero-order valence-electron chi connectivity index (χ0n) is 6.25. The summed E-state index contributed by atoms with van der Waals surface area (Å²) in [4.78, 5) is 0. The molecule has 3 heteroatoms. The van der Waals surface area contributed by atoms with Crippen LogP contribution >= 0.6 is 0 Å². The Morgan fingerprint density at radius 3 is 2.20 bits per heavy atom. The van der Waals surface area contributed by atoms with Gasteiger partial charge in [-0.15, -0.1) is 0 Å². The molecule has 2 unspecified atom stereocenters. The van der Waals surface area contributed by atoms with Crippen LogP contribution in [0.25, 0.3) is 0 Å². The smallest absolute Gasteiger partial charge is 0.143 e. The molecule has 0 N–H and O–H groups in total. The second-order valence-corrected chi connectivity index (χ2v) is 4.35. The Kier molecular flexibility index (Phi) is 2.72. The van der Waals surface area contributed by atoms with E-state index in [4.69, 9.17) is 0 Å². The van der Waals surface area contributed by atoms with Crippen LogP contribution in [0.2, 0.25) is 0 Å². The second kappa shape index (κ2) is 3.37. The van der Waals surface area contributed by atoms with E-state index in [1.807, 2.05) is 6.92 Å². The number of hydrogen-bond acceptors (Lipinski definition) is 2. The fraction of sp³-hybridized carbons (Fsp3) is 1.00. The lowest BCUT2D eigenvalue weighted by atomic mass is 9.90. The third-order valence-corrected chi connectivity index (χ3v) is 3.65. The first-order chi connectivity index (χ1) is 4.72. The summed E-state index contributed by atoms with van der Waals surface area (Å²) in [5.74, 6) is 0.398. The molecule has 2 atom stereocenters. The maximum Gasteiger partial charge on any atom is 0.143 e. The quantitative estimate of drug-likeness (QED) is 0.587. The van der Waals surface area contributed by atoms with Crippen molar-refractivity contribution in [1.82, 2.24) is 0 Å². The van der Waals surface area contributed by atoms with Gasteiger partial charge in [0.15, 0.2) is 0 Å². The highest BCUT2D eigenvalue weighted by Gasteiger charge is 2.22. The largest absolute Gasteiger partial charge is 0.232 e. The van der Waals surface area contributed by atoms with Crippen molar-refractivity contribution >= 4 is 10.7 Å². The van der Waals surface area contributed by atoms with Crippen LogP contribution in [0.4, 0.5) is 0 Å². The molecule has 1 fully saturated rings. The van der Waals surface area contributed by atoms with Gasteiger partial charge in [-0.1, -0.05) is 19.8 Å². The van der Waals surface area contributed by atoms with E-state index in [1.54, 1.807) is 0 Å². The van der Waals surface area contributed by atoms with Crippen LogP contribution in [0.5, 0.6) is 0 Å². The molecule has 10 heavy (non-hydrogen) atoms. The molecule has 1 saturated carbocycles. The Morgan fingerprint density at radius 1 is 1.20 bits per heavy atom. The minimum Gasteiger partial charge on any atom is -0.232 e. The predicted octanol–water partition coefficient (Wildman–Crippen LogP) is 1.18. The molecule has 0 aromatic rings. The predicted molar refractivity (Wildman–Crippen MR) is 41.7 cm³/mol. The van der Waals surface area contributed by atoms with E-state index in [2.05, 4.69) is 0 Å². The van der Waals surface area contributed by atoms with Crippen molar-refractivity contribution in [3.63, 3.8) is 0 Å². The Labute approximate surface area is 63.6 Å². The van der Waals surface area contributed by atoms with E-state index in [0.29, 0.717) is 5.92 Å². The van der Waals surface area contributed by atoms with Crippen LogP contribution in [0.1, 0.15) is 32.6 Å². The van der Waals surface area contributed by atoms with Gasteiger partial charge in [-0.3, -0.25) is 0 Å². The molecule has 0 radical (unpaired) electrons. The van der Waals surface area contributed by atoms with Crippen molar-refractivity contribution in [3.8, 4) is 0 Å². The van der Waals surface area contributed by atoms with Gasteiger partial charge in [0, 0.05) is 0 Å². The average molecular weight is 162 g/mol. The monoisotopic (exact) mass is 162 g/mol. The molecule has 1 aliphatic rings. The third kappa shape index (κ3) is 1.72. The van der Waals surface area contributed by atoms with Crippen molar-refractivity contribution in [2.24, 2.45) is 5.92 Å². The number of rotatable bonds is 1. The SMILES string of the molecule is CC1CCCCC1[SH](=O)=O. The van der Waals surface area contributed by atoms with E-state index in [0.717, 1.165) is 19.3 Å². The summed E-state index contributed by atoms with van der Waals surface area (Å²) in [6, 6.07) is 0. The molecule has 0 aliphatic heterocycles. The molecule has 0 aromatic carbocycles. The van der Waals surface area contributed by atoms with Crippen LogP contribution < -0.4 is 0 Å². The summed E-state index contributed by atoms with van der Waals surface area (Å²) in [5.41, 5.74) is 0. The topological polar surface area (TPSA) is 34.1 Å². The van der Waals surface area contributed by atoms with Gasteiger partial charge >= 0.3 is 0 Å². The van der Waals surface area contributed by atoms with Gasteiger partial charge in [-0.05, 0) is 18.8 Å². The van der Waals surface area contributed by atoms with Crippen molar-refractivity contribution < 1.29 is 8.42 Å². The second-order valence-electron chi connectivity index (χ2n) is 3.11. The average Bonchev–Trinajstić information content (AvgIpc) is 1.88. The standard InChI is InChI=1S/C7H14O2S/c1-6-4-2-3-5-7(6)10(8)9/h6-7,10H,2-5H2,1H3. The molecule has 0 saturated heterocycles. The molecule has 0 bridgehead atoms. The number of hydrogen-bond donors (Lipinski definition) is 1. The van der Waals surface area contributed by atoms with Crippen molar-refractivity contribution in [2.75, 3.05) is 0 Å². The molecule has 0 amide bonds. The third-order valence-electron chi connectivity index (χ3n) is 2.34. The highest BCUT2D eigenvalue weighted by atomic mass is 32.2. The Morgan fingerprint density at radius 2 is 1.80 bits per heavy atom. The summed E-state index contributed by atoms with van der Waals surface area (Å²) >= 11 is 0. The number of thiol groups is 1. The molecular weight excluding hydrogens is 148 g/mol. The first-order valence-electron chi connectivity index (χ1n) is 3.85. The molecular formula is C7H14O2S. The fourth-order valence-electron chi connectivity index (χ4n) is 1.61. The van der Waals surface area contributed by atoms with Gasteiger partial charge in [0.2, 0.25) is 0 Å². The van der Waals surface area contributed by atoms with Crippen LogP contribution in [0.15, 0.2) is 0 Å². The van der Waals surface area contributed by atoms with Gasteiger partial charge in [-0.2, -0.15) is 0 Å². The maximum atomic E-state index is 10.6. The van der Waals surface area contributed by atoms with E-state index in [-0.39, 0.29) is 5.25 Å². The van der Waals surface area contributed by atoms with Gasteiger partial charge < -0.3 is 0 Å². The zero-order valence-corrected chi connectivity index (χ0v) is 7.14. The summed E-state index contributed by atoms with van der Waals surface area (Å²) < 4.78 is 21.2. The normalized spacial score (nSPS) is 34.6. The molecule has 1 aliphatic carbocycles. The van der Waals surface area contributed by atoms with Gasteiger partial charge in [0.1, 0.15) is 10.7 Å². The molecule has 0 spiro atoms. The highest BCUT2D eigenvalue weighted by molar-refractivity contribution is 7.73. The van der Waals surface area contributed by atoms with Gasteiger partial charge in [0.25, 0.3) is 0 Å². The van der Waals surface area contributed by atoms with E-state index < -0.39 is 10.7 Å². The Balaban J connectivity index is 2.56. The first-order valence-corrected chi connectivity index (χ1v) is 5.10. The summed E-state index contributed by atoms with van der Waals surface area (Å²) in [6.45, 7) is 2.04. The van der Waals surface area contributed by atoms with E-state index in [1.165, 1.54) is 6.42 Å². The minimum absolute atomic E-state index is 0.0243. The molecule has 60 valence electrons. The van der Waals surface area contributed by atoms with Crippen LogP contribution in [-0.2, 0) is 10.7 Å². The minimum atomic E-state index is -2.16. The maximum absolute atomic E-state index is 10.6. The zero-order chi connectivity index (χ0) is 7.56. The summed E-state index contributed by atoms with van der Waals surface area (Å²) in [5, 5.41) is -0.0243. The van der Waals surface area contributed by atoms with Crippen LogP contribution in [0, 0.1) is 5.92 Å². The Hall–Kier alpha value is -0.0500. The lowest BCUT2D eigenvalue weighted by Gasteiger charge is -2.23. The van der Waals surface area contributed by atoms with Crippen LogP contribution in [0.3, 0.4) is 0 Å². The summed E-state index contributed by atoms with van der Waals surface area (Å²) in [7, 11) is -2.16. The molecule has 0 heterocycles. The summed E-state index contributed by atoms with van der Waals surface area (Å²) in [6.07, 6.45) is 4.28. The highest BCUT2D eigenvalue weighted by Crippen LogP contribution is 2.25. The Bertz CT molecular complexity index is 166. The lowest BCUT2D eigenvalue weighted by Crippen LogP contribution is -2.23. The van der Waals surface area contributed by atoms with Gasteiger partial charge in [0.05, 0.1) is 5.25 Å². The van der Waals surface area contributed by atoms with Gasteiger partial charge in [-0.25, -0.2) is 8.42 Å². The fourth-order valence-corrected chi connectivity index (χ4v) is 2.57.